The molecule has 2 heteroatoms. The number of aryl methyl sites for hydroxylation is 1. The molecule has 0 unspecified atom stereocenters. The Morgan fingerprint density at radius 2 is 1.71 bits per heavy atom. The normalized spacial score (nSPS) is 10.1. The second-order valence-corrected chi connectivity index (χ2v) is 3.61. The van der Waals surface area contributed by atoms with E-state index in [4.69, 9.17) is 4.74 Å². The molecule has 0 aromatic heterocycles. The van der Waals surface area contributed by atoms with Gasteiger partial charge in [0, 0.05) is 0 Å². The van der Waals surface area contributed by atoms with Crippen LogP contribution in [-0.4, -0.2) is 13.1 Å². The first-order valence-electron chi connectivity index (χ1n) is 7.74. The summed E-state index contributed by atoms with van der Waals surface area (Å²) < 4.78 is 4.82. The van der Waals surface area contributed by atoms with Crippen LogP contribution in [0.2, 0.25) is 0 Å². The van der Waals surface area contributed by atoms with Crippen molar-refractivity contribution in [3.63, 3.8) is 0 Å². The number of methoxy groups -OCH3 is 1. The monoisotopic (exact) mass is 290 g/mol. The second-order valence-electron chi connectivity index (χ2n) is 3.61. The van der Waals surface area contributed by atoms with Gasteiger partial charge in [0.05, 0.1) is 12.7 Å². The fourth-order valence-electron chi connectivity index (χ4n) is 1.66. The van der Waals surface area contributed by atoms with Crippen molar-refractivity contribution in [1.82, 2.24) is 0 Å². The summed E-state index contributed by atoms with van der Waals surface area (Å²) in [5.74, 6) is -0.302. The lowest BCUT2D eigenvalue weighted by Crippen LogP contribution is -2.05. The van der Waals surface area contributed by atoms with E-state index in [1.165, 1.54) is 7.11 Å². The average molecular weight is 290 g/mol. The maximum absolute atomic E-state index is 11.8. The maximum Gasteiger partial charge on any atom is 0.338 e. The molecule has 0 radical (unpaired) electrons. The number of allylic oxidation sites excluding steroid dienone is 3. The van der Waals surface area contributed by atoms with E-state index < -0.39 is 0 Å². The van der Waals surface area contributed by atoms with Crippen molar-refractivity contribution in [2.24, 2.45) is 0 Å². The molecule has 0 aliphatic heterocycles. The van der Waals surface area contributed by atoms with Crippen LogP contribution >= 0.6 is 0 Å². The van der Waals surface area contributed by atoms with Crippen molar-refractivity contribution < 1.29 is 9.53 Å². The minimum absolute atomic E-state index is 0.302. The van der Waals surface area contributed by atoms with Gasteiger partial charge in [-0.3, -0.25) is 0 Å². The standard InChI is InChI=1S/C15H18O2.2C2H6/c1-4-6-10-14(15(16)17-3)13-11-8-7-9-12(13)5-2;2*1-2/h4,6-11H,5H2,1-3H3;2*1-2H3/b6-4+,14-10+;;. The summed E-state index contributed by atoms with van der Waals surface area (Å²) in [6.45, 7) is 12.0. The third-order valence-corrected chi connectivity index (χ3v) is 2.55. The Balaban J connectivity index is 0. The number of rotatable bonds is 4. The molecule has 0 amide bonds. The van der Waals surface area contributed by atoms with Gasteiger partial charge in [0.25, 0.3) is 0 Å². The van der Waals surface area contributed by atoms with Crippen molar-refractivity contribution in [3.05, 3.63) is 53.6 Å². The average Bonchev–Trinajstić information content (AvgIpc) is 2.58. The minimum Gasteiger partial charge on any atom is -0.465 e. The van der Waals surface area contributed by atoms with E-state index >= 15 is 0 Å². The zero-order chi connectivity index (χ0) is 16.7. The van der Waals surface area contributed by atoms with Gasteiger partial charge in [-0.05, 0) is 30.5 Å². The van der Waals surface area contributed by atoms with Gasteiger partial charge in [0.15, 0.2) is 0 Å². The molecule has 1 aromatic carbocycles. The summed E-state index contributed by atoms with van der Waals surface area (Å²) in [7, 11) is 1.40. The third kappa shape index (κ3) is 7.50. The third-order valence-electron chi connectivity index (χ3n) is 2.55. The van der Waals surface area contributed by atoms with Gasteiger partial charge in [-0.2, -0.15) is 0 Å². The lowest BCUT2D eigenvalue weighted by Gasteiger charge is -2.09. The van der Waals surface area contributed by atoms with Gasteiger partial charge in [-0.15, -0.1) is 0 Å². The van der Waals surface area contributed by atoms with Gasteiger partial charge < -0.3 is 4.74 Å². The van der Waals surface area contributed by atoms with Crippen LogP contribution in [0.4, 0.5) is 0 Å². The molecule has 1 rings (SSSR count). The van der Waals surface area contributed by atoms with Gasteiger partial charge in [-0.25, -0.2) is 4.79 Å². The number of esters is 1. The molecule has 0 heterocycles. The topological polar surface area (TPSA) is 26.3 Å². The molecule has 21 heavy (non-hydrogen) atoms. The summed E-state index contributed by atoms with van der Waals surface area (Å²) in [4.78, 5) is 11.8. The van der Waals surface area contributed by atoms with Crippen molar-refractivity contribution in [1.29, 1.82) is 0 Å². The first-order valence-corrected chi connectivity index (χ1v) is 7.74. The molecule has 2 nitrogen and oxygen atoms in total. The van der Waals surface area contributed by atoms with Gasteiger partial charge in [0.1, 0.15) is 0 Å². The Hall–Kier alpha value is -1.83. The molecular formula is C19H30O2. The molecule has 1 aromatic rings. The summed E-state index contributed by atoms with van der Waals surface area (Å²) in [6, 6.07) is 7.89. The smallest absolute Gasteiger partial charge is 0.338 e. The number of carbonyl (C=O) groups excluding carboxylic acids is 1. The summed E-state index contributed by atoms with van der Waals surface area (Å²) in [5.41, 5.74) is 2.69. The van der Waals surface area contributed by atoms with Gasteiger partial charge in [0.2, 0.25) is 0 Å². The van der Waals surface area contributed by atoms with Gasteiger partial charge in [-0.1, -0.05) is 71.0 Å². The molecule has 0 saturated heterocycles. The predicted molar refractivity (Wildman–Crippen MR) is 93.3 cm³/mol. The first kappa shape index (κ1) is 21.5. The van der Waals surface area contributed by atoms with Crippen molar-refractivity contribution >= 4 is 11.5 Å². The predicted octanol–water partition coefficient (Wildman–Crippen LogP) is 5.43. The molecule has 0 aliphatic rings. The highest BCUT2D eigenvalue weighted by Crippen LogP contribution is 2.21. The van der Waals surface area contributed by atoms with Crippen molar-refractivity contribution in [3.8, 4) is 0 Å². The van der Waals surface area contributed by atoms with Crippen LogP contribution in [0.25, 0.3) is 5.57 Å². The van der Waals surface area contributed by atoms with E-state index in [2.05, 4.69) is 6.92 Å². The lowest BCUT2D eigenvalue weighted by molar-refractivity contribution is -0.133. The lowest BCUT2D eigenvalue weighted by atomic mass is 9.97. The summed E-state index contributed by atoms with van der Waals surface area (Å²) in [5, 5.41) is 0. The van der Waals surface area contributed by atoms with E-state index in [1.807, 2.05) is 71.0 Å². The Kier molecular flexibility index (Phi) is 14.9. The molecule has 0 bridgehead atoms. The number of ether oxygens (including phenoxy) is 1. The Labute approximate surface area is 130 Å². The number of hydrogen-bond donors (Lipinski definition) is 0. The number of hydrogen-bond acceptors (Lipinski definition) is 2. The van der Waals surface area contributed by atoms with Crippen LogP contribution in [0.15, 0.2) is 42.5 Å². The molecule has 0 spiro atoms. The maximum atomic E-state index is 11.8. The molecular weight excluding hydrogens is 260 g/mol. The highest BCUT2D eigenvalue weighted by Gasteiger charge is 2.13. The summed E-state index contributed by atoms with van der Waals surface area (Å²) in [6.07, 6.45) is 6.41. The number of benzene rings is 1. The van der Waals surface area contributed by atoms with E-state index in [0.29, 0.717) is 5.57 Å². The van der Waals surface area contributed by atoms with Gasteiger partial charge >= 0.3 is 5.97 Å². The number of carbonyl (C=O) groups is 1. The van der Waals surface area contributed by atoms with Crippen LogP contribution in [-0.2, 0) is 16.0 Å². The molecule has 118 valence electrons. The summed E-state index contributed by atoms with van der Waals surface area (Å²) >= 11 is 0. The van der Waals surface area contributed by atoms with E-state index in [9.17, 15) is 4.79 Å². The van der Waals surface area contributed by atoms with Crippen LogP contribution in [0.1, 0.15) is 52.7 Å². The molecule has 0 saturated carbocycles. The quantitative estimate of drug-likeness (QED) is 0.419. The fraction of sp³-hybridized carbons (Fsp3) is 0.421. The van der Waals surface area contributed by atoms with Crippen LogP contribution in [0.3, 0.4) is 0 Å². The SMILES string of the molecule is C/C=C/C=C(/C(=O)OC)c1ccccc1CC.CC.CC. The Morgan fingerprint density at radius 3 is 2.19 bits per heavy atom. The van der Waals surface area contributed by atoms with E-state index in [0.717, 1.165) is 17.5 Å². The highest BCUT2D eigenvalue weighted by molar-refractivity contribution is 6.17. The zero-order valence-electron chi connectivity index (χ0n) is 14.6. The van der Waals surface area contributed by atoms with Crippen molar-refractivity contribution in [2.75, 3.05) is 7.11 Å². The van der Waals surface area contributed by atoms with E-state index in [-0.39, 0.29) is 5.97 Å². The van der Waals surface area contributed by atoms with Crippen LogP contribution < -0.4 is 0 Å². The highest BCUT2D eigenvalue weighted by atomic mass is 16.5. The fourth-order valence-corrected chi connectivity index (χ4v) is 1.66. The zero-order valence-corrected chi connectivity index (χ0v) is 14.6. The minimum atomic E-state index is -0.302. The molecule has 0 atom stereocenters. The molecule has 0 fully saturated rings. The second kappa shape index (κ2) is 14.6. The molecule has 0 aliphatic carbocycles. The van der Waals surface area contributed by atoms with Crippen LogP contribution in [0.5, 0.6) is 0 Å². The molecule has 0 N–H and O–H groups in total. The Morgan fingerprint density at radius 1 is 1.14 bits per heavy atom. The Bertz CT molecular complexity index is 443. The first-order chi connectivity index (χ1) is 10.2. The largest absolute Gasteiger partial charge is 0.465 e. The van der Waals surface area contributed by atoms with E-state index in [1.54, 1.807) is 6.08 Å². The van der Waals surface area contributed by atoms with Crippen molar-refractivity contribution in [2.45, 2.75) is 48.0 Å². The van der Waals surface area contributed by atoms with Crippen LogP contribution in [0, 0.1) is 0 Å².